The summed E-state index contributed by atoms with van der Waals surface area (Å²) in [7, 11) is 0. The Labute approximate surface area is 118 Å². The lowest BCUT2D eigenvalue weighted by molar-refractivity contribution is 0.532. The van der Waals surface area contributed by atoms with Gasteiger partial charge in [-0.05, 0) is 36.8 Å². The smallest absolute Gasteiger partial charge is 0.227 e. The fourth-order valence-electron chi connectivity index (χ4n) is 2.85. The maximum absolute atomic E-state index is 5.60. The summed E-state index contributed by atoms with van der Waals surface area (Å²) in [5.41, 5.74) is 9.67. The minimum absolute atomic E-state index is 0.239. The van der Waals surface area contributed by atoms with Gasteiger partial charge in [-0.1, -0.05) is 30.7 Å². The Morgan fingerprint density at radius 1 is 1.20 bits per heavy atom. The van der Waals surface area contributed by atoms with E-state index in [0.29, 0.717) is 11.9 Å². The number of aromatic nitrogens is 3. The fraction of sp³-hybridized carbons (Fsp3) is 0.400. The summed E-state index contributed by atoms with van der Waals surface area (Å²) in [4.78, 5) is 12.1. The first-order chi connectivity index (χ1) is 9.63. The molecule has 3 N–H and O–H groups in total. The van der Waals surface area contributed by atoms with E-state index in [-0.39, 0.29) is 12.0 Å². The molecule has 2 atom stereocenters. The van der Waals surface area contributed by atoms with Crippen molar-refractivity contribution in [3.05, 3.63) is 41.2 Å². The van der Waals surface area contributed by atoms with Crippen molar-refractivity contribution in [2.24, 2.45) is 0 Å². The molecule has 0 radical (unpaired) electrons. The van der Waals surface area contributed by atoms with Crippen LogP contribution in [0.2, 0.25) is 0 Å². The number of nitrogens with two attached hydrogens (primary N) is 1. The third kappa shape index (κ3) is 2.43. The van der Waals surface area contributed by atoms with Gasteiger partial charge in [-0.25, -0.2) is 9.97 Å². The van der Waals surface area contributed by atoms with Crippen molar-refractivity contribution in [1.82, 2.24) is 15.0 Å². The quantitative estimate of drug-likeness (QED) is 0.876. The van der Waals surface area contributed by atoms with Crippen molar-refractivity contribution >= 4 is 11.9 Å². The number of anilines is 2. The molecule has 1 aliphatic rings. The number of benzene rings is 1. The second-order valence-corrected chi connectivity index (χ2v) is 5.47. The number of hydrogen-bond acceptors (Lipinski definition) is 5. The average Bonchev–Trinajstić information content (AvgIpc) is 2.42. The molecule has 0 saturated heterocycles. The lowest BCUT2D eigenvalue weighted by atomic mass is 9.80. The summed E-state index contributed by atoms with van der Waals surface area (Å²) >= 11 is 0. The first-order valence-corrected chi connectivity index (χ1v) is 6.95. The molecule has 5 heteroatoms. The zero-order valence-electron chi connectivity index (χ0n) is 11.8. The Morgan fingerprint density at radius 2 is 2.05 bits per heavy atom. The van der Waals surface area contributed by atoms with Gasteiger partial charge in [0.05, 0.1) is 6.04 Å². The Kier molecular flexibility index (Phi) is 3.26. The van der Waals surface area contributed by atoms with Gasteiger partial charge >= 0.3 is 0 Å². The summed E-state index contributed by atoms with van der Waals surface area (Å²) < 4.78 is 0. The summed E-state index contributed by atoms with van der Waals surface area (Å²) in [5, 5.41) is 3.38. The van der Waals surface area contributed by atoms with Crippen molar-refractivity contribution in [1.29, 1.82) is 0 Å². The molecule has 104 valence electrons. The van der Waals surface area contributed by atoms with Crippen LogP contribution in [0.4, 0.5) is 11.9 Å². The second-order valence-electron chi connectivity index (χ2n) is 5.47. The van der Waals surface area contributed by atoms with E-state index in [1.165, 1.54) is 23.0 Å². The van der Waals surface area contributed by atoms with Crippen LogP contribution in [0.1, 0.15) is 48.4 Å². The van der Waals surface area contributed by atoms with Crippen molar-refractivity contribution in [3.8, 4) is 0 Å². The van der Waals surface area contributed by atoms with E-state index in [9.17, 15) is 0 Å². The molecule has 1 heterocycles. The highest BCUT2D eigenvalue weighted by atomic mass is 15.2. The molecule has 1 aromatic carbocycles. The van der Waals surface area contributed by atoms with Crippen molar-refractivity contribution < 1.29 is 0 Å². The van der Waals surface area contributed by atoms with E-state index in [2.05, 4.69) is 52.3 Å². The standard InChI is InChI=1S/C15H19N5/c1-9-3-5-11-12(7-9)10(2)4-6-13(11)19-15-18-8-17-14(16)20-15/h3,5,7-8,10,13H,4,6H2,1-2H3,(H3,16,17,18,19,20). The van der Waals surface area contributed by atoms with Gasteiger partial charge in [0.15, 0.2) is 0 Å². The van der Waals surface area contributed by atoms with Crippen LogP contribution in [-0.4, -0.2) is 15.0 Å². The topological polar surface area (TPSA) is 76.7 Å². The molecular weight excluding hydrogens is 250 g/mol. The Bertz CT molecular complexity index is 625. The van der Waals surface area contributed by atoms with Crippen LogP contribution in [0.3, 0.4) is 0 Å². The number of nitrogens with one attached hydrogen (secondary N) is 1. The van der Waals surface area contributed by atoms with E-state index < -0.39 is 0 Å². The van der Waals surface area contributed by atoms with Crippen LogP contribution < -0.4 is 11.1 Å². The minimum Gasteiger partial charge on any atom is -0.368 e. The maximum Gasteiger partial charge on any atom is 0.227 e. The van der Waals surface area contributed by atoms with Gasteiger partial charge in [0.25, 0.3) is 0 Å². The lowest BCUT2D eigenvalue weighted by Crippen LogP contribution is -2.20. The third-order valence-electron chi connectivity index (χ3n) is 3.93. The molecule has 0 saturated carbocycles. The molecule has 0 fully saturated rings. The molecule has 0 aliphatic heterocycles. The Hall–Kier alpha value is -2.17. The molecule has 0 amide bonds. The molecule has 2 unspecified atom stereocenters. The van der Waals surface area contributed by atoms with E-state index in [1.54, 1.807) is 0 Å². The second kappa shape index (κ2) is 5.07. The number of hydrogen-bond donors (Lipinski definition) is 2. The molecule has 0 spiro atoms. The number of nitrogen functional groups attached to an aromatic ring is 1. The van der Waals surface area contributed by atoms with Gasteiger partial charge in [-0.3, -0.25) is 0 Å². The minimum atomic E-state index is 0.239. The molecule has 1 aliphatic carbocycles. The first kappa shape index (κ1) is 12.8. The van der Waals surface area contributed by atoms with Crippen LogP contribution in [0.15, 0.2) is 24.5 Å². The number of rotatable bonds is 2. The first-order valence-electron chi connectivity index (χ1n) is 6.95. The van der Waals surface area contributed by atoms with Crippen LogP contribution in [0, 0.1) is 6.92 Å². The SMILES string of the molecule is Cc1ccc2c(c1)C(C)CCC2Nc1ncnc(N)n1. The molecule has 2 aromatic rings. The third-order valence-corrected chi connectivity index (χ3v) is 3.93. The van der Waals surface area contributed by atoms with Crippen molar-refractivity contribution in [3.63, 3.8) is 0 Å². The van der Waals surface area contributed by atoms with Crippen molar-refractivity contribution in [2.75, 3.05) is 11.1 Å². The zero-order valence-corrected chi connectivity index (χ0v) is 11.8. The molecule has 3 rings (SSSR count). The van der Waals surface area contributed by atoms with Crippen LogP contribution in [0.5, 0.6) is 0 Å². The maximum atomic E-state index is 5.60. The van der Waals surface area contributed by atoms with Crippen LogP contribution in [-0.2, 0) is 0 Å². The van der Waals surface area contributed by atoms with E-state index in [4.69, 9.17) is 5.73 Å². The highest BCUT2D eigenvalue weighted by molar-refractivity contribution is 5.42. The number of fused-ring (bicyclic) bond motifs is 1. The summed E-state index contributed by atoms with van der Waals surface area (Å²) in [6, 6.07) is 6.90. The molecule has 1 aromatic heterocycles. The molecule has 5 nitrogen and oxygen atoms in total. The largest absolute Gasteiger partial charge is 0.368 e. The van der Waals surface area contributed by atoms with E-state index in [0.717, 1.165) is 12.8 Å². The fourth-order valence-corrected chi connectivity index (χ4v) is 2.85. The number of aryl methyl sites for hydroxylation is 1. The highest BCUT2D eigenvalue weighted by Gasteiger charge is 2.25. The predicted molar refractivity (Wildman–Crippen MR) is 79.4 cm³/mol. The van der Waals surface area contributed by atoms with Gasteiger partial charge < -0.3 is 11.1 Å². The lowest BCUT2D eigenvalue weighted by Gasteiger charge is -2.30. The van der Waals surface area contributed by atoms with E-state index in [1.807, 2.05) is 0 Å². The highest BCUT2D eigenvalue weighted by Crippen LogP contribution is 2.38. The van der Waals surface area contributed by atoms with Gasteiger partial charge in [0.2, 0.25) is 11.9 Å². The summed E-state index contributed by atoms with van der Waals surface area (Å²) in [6.07, 6.45) is 3.67. The zero-order chi connectivity index (χ0) is 14.1. The predicted octanol–water partition coefficient (Wildman–Crippen LogP) is 2.81. The average molecular weight is 269 g/mol. The monoisotopic (exact) mass is 269 g/mol. The van der Waals surface area contributed by atoms with Gasteiger partial charge in [0.1, 0.15) is 6.33 Å². The summed E-state index contributed by atoms with van der Waals surface area (Å²) in [6.45, 7) is 4.42. The Balaban J connectivity index is 1.91. The van der Waals surface area contributed by atoms with Gasteiger partial charge in [-0.15, -0.1) is 0 Å². The van der Waals surface area contributed by atoms with Crippen molar-refractivity contribution in [2.45, 2.75) is 38.6 Å². The normalized spacial score (nSPS) is 21.3. The van der Waals surface area contributed by atoms with Crippen LogP contribution >= 0.6 is 0 Å². The Morgan fingerprint density at radius 3 is 2.85 bits per heavy atom. The summed E-state index contributed by atoms with van der Waals surface area (Å²) in [5.74, 6) is 1.39. The number of nitrogens with zero attached hydrogens (tertiary/aromatic N) is 3. The van der Waals surface area contributed by atoms with Gasteiger partial charge in [0, 0.05) is 0 Å². The molecule has 0 bridgehead atoms. The van der Waals surface area contributed by atoms with E-state index >= 15 is 0 Å². The van der Waals surface area contributed by atoms with Crippen LogP contribution in [0.25, 0.3) is 0 Å². The molecular formula is C15H19N5. The molecule has 20 heavy (non-hydrogen) atoms. The van der Waals surface area contributed by atoms with Gasteiger partial charge in [-0.2, -0.15) is 4.98 Å².